The van der Waals surface area contributed by atoms with E-state index in [9.17, 15) is 0 Å². The summed E-state index contributed by atoms with van der Waals surface area (Å²) in [5.74, 6) is 0. The Labute approximate surface area is 89.9 Å². The highest BCUT2D eigenvalue weighted by atomic mass is 15.1. The van der Waals surface area contributed by atoms with Gasteiger partial charge in [0.1, 0.15) is 0 Å². The Balaban J connectivity index is 1.82. The van der Waals surface area contributed by atoms with Crippen molar-refractivity contribution in [2.45, 2.75) is 57.8 Å². The second kappa shape index (κ2) is 8.28. The van der Waals surface area contributed by atoms with Crippen molar-refractivity contribution in [2.24, 2.45) is 0 Å². The third-order valence-electron chi connectivity index (χ3n) is 3.17. The molecule has 0 N–H and O–H groups in total. The number of likely N-dealkylation sites (tertiary alicyclic amines) is 1. The molecule has 1 fully saturated rings. The van der Waals surface area contributed by atoms with Gasteiger partial charge in [-0.3, -0.25) is 0 Å². The lowest BCUT2D eigenvalue weighted by molar-refractivity contribution is 0.224. The molecular weight excluding hydrogens is 170 g/mol. The van der Waals surface area contributed by atoms with E-state index in [0.29, 0.717) is 0 Å². The molecule has 14 heavy (non-hydrogen) atoms. The highest BCUT2D eigenvalue weighted by molar-refractivity contribution is 4.64. The van der Waals surface area contributed by atoms with Crippen LogP contribution in [0.1, 0.15) is 57.8 Å². The Hall–Kier alpha value is -0.0400. The molecule has 1 aliphatic heterocycles. The van der Waals surface area contributed by atoms with Crippen LogP contribution < -0.4 is 0 Å². The number of piperidine rings is 1. The zero-order valence-electron chi connectivity index (χ0n) is 9.64. The predicted octanol–water partition coefficient (Wildman–Crippen LogP) is 3.65. The summed E-state index contributed by atoms with van der Waals surface area (Å²) in [5, 5.41) is 0. The summed E-state index contributed by atoms with van der Waals surface area (Å²) in [4.78, 5) is 2.64. The van der Waals surface area contributed by atoms with Crippen molar-refractivity contribution in [3.05, 3.63) is 6.92 Å². The number of hydrogen-bond acceptors (Lipinski definition) is 1. The molecule has 1 aliphatic rings. The number of hydrogen-bond donors (Lipinski definition) is 0. The van der Waals surface area contributed by atoms with Crippen LogP contribution in [0, 0.1) is 6.92 Å². The van der Waals surface area contributed by atoms with Crippen molar-refractivity contribution >= 4 is 0 Å². The van der Waals surface area contributed by atoms with Gasteiger partial charge in [0.15, 0.2) is 0 Å². The Morgan fingerprint density at radius 3 is 2.14 bits per heavy atom. The summed E-state index contributed by atoms with van der Waals surface area (Å²) in [5.41, 5.74) is 0. The number of unbranched alkanes of at least 4 members (excludes halogenated alkanes) is 5. The van der Waals surface area contributed by atoms with Crippen LogP contribution >= 0.6 is 0 Å². The monoisotopic (exact) mass is 196 g/mol. The SMILES string of the molecule is [CH2]CCCCCCCN1CCCCC1. The van der Waals surface area contributed by atoms with Crippen molar-refractivity contribution in [3.63, 3.8) is 0 Å². The van der Waals surface area contributed by atoms with Gasteiger partial charge in [-0.1, -0.05) is 45.4 Å². The van der Waals surface area contributed by atoms with Crippen LogP contribution in [0.25, 0.3) is 0 Å². The van der Waals surface area contributed by atoms with E-state index >= 15 is 0 Å². The Bertz CT molecular complexity index is 116. The largest absolute Gasteiger partial charge is 0.303 e. The summed E-state index contributed by atoms with van der Waals surface area (Å²) in [7, 11) is 0. The minimum absolute atomic E-state index is 1.12. The maximum absolute atomic E-state index is 3.87. The first-order valence-electron chi connectivity index (χ1n) is 6.45. The third-order valence-corrected chi connectivity index (χ3v) is 3.17. The normalized spacial score (nSPS) is 18.6. The summed E-state index contributed by atoms with van der Waals surface area (Å²) in [6.07, 6.45) is 12.4. The van der Waals surface area contributed by atoms with Gasteiger partial charge in [0.05, 0.1) is 0 Å². The molecule has 1 saturated heterocycles. The molecule has 0 amide bonds. The molecule has 0 spiro atoms. The predicted molar refractivity (Wildman–Crippen MR) is 63.4 cm³/mol. The first-order chi connectivity index (χ1) is 6.93. The van der Waals surface area contributed by atoms with E-state index in [-0.39, 0.29) is 0 Å². The van der Waals surface area contributed by atoms with Gasteiger partial charge in [-0.15, -0.1) is 0 Å². The molecule has 0 aliphatic carbocycles. The van der Waals surface area contributed by atoms with Crippen LogP contribution in [0.4, 0.5) is 0 Å². The lowest BCUT2D eigenvalue weighted by Gasteiger charge is -2.26. The summed E-state index contributed by atoms with van der Waals surface area (Å²) in [6, 6.07) is 0. The fourth-order valence-electron chi connectivity index (χ4n) is 2.23. The van der Waals surface area contributed by atoms with Crippen molar-refractivity contribution in [2.75, 3.05) is 19.6 Å². The van der Waals surface area contributed by atoms with E-state index in [2.05, 4.69) is 11.8 Å². The molecule has 1 radical (unpaired) electrons. The van der Waals surface area contributed by atoms with Crippen molar-refractivity contribution in [1.29, 1.82) is 0 Å². The molecule has 0 unspecified atom stereocenters. The second-order valence-electron chi connectivity index (χ2n) is 4.52. The lowest BCUT2D eigenvalue weighted by atomic mass is 10.1. The van der Waals surface area contributed by atoms with Gasteiger partial charge in [-0.2, -0.15) is 0 Å². The van der Waals surface area contributed by atoms with Crippen LogP contribution in [0.3, 0.4) is 0 Å². The molecule has 0 aromatic rings. The van der Waals surface area contributed by atoms with Gasteiger partial charge in [0.25, 0.3) is 0 Å². The van der Waals surface area contributed by atoms with Gasteiger partial charge >= 0.3 is 0 Å². The Kier molecular flexibility index (Phi) is 7.12. The van der Waals surface area contributed by atoms with Crippen LogP contribution in [0.2, 0.25) is 0 Å². The summed E-state index contributed by atoms with van der Waals surface area (Å²) >= 11 is 0. The fourth-order valence-corrected chi connectivity index (χ4v) is 2.23. The van der Waals surface area contributed by atoms with Crippen LogP contribution in [-0.2, 0) is 0 Å². The van der Waals surface area contributed by atoms with Crippen molar-refractivity contribution < 1.29 is 0 Å². The molecule has 83 valence electrons. The standard InChI is InChI=1S/C13H26N/c1-2-3-4-5-6-8-11-14-12-9-7-10-13-14/h1-13H2. The van der Waals surface area contributed by atoms with E-state index in [0.717, 1.165) is 6.42 Å². The third kappa shape index (κ3) is 5.64. The van der Waals surface area contributed by atoms with Gasteiger partial charge in [0.2, 0.25) is 0 Å². The van der Waals surface area contributed by atoms with Gasteiger partial charge < -0.3 is 4.90 Å². The van der Waals surface area contributed by atoms with E-state index < -0.39 is 0 Å². The smallest absolute Gasteiger partial charge is 0.00187 e. The topological polar surface area (TPSA) is 3.24 Å². The van der Waals surface area contributed by atoms with E-state index in [1.54, 1.807) is 0 Å². The first kappa shape index (κ1) is 12.0. The van der Waals surface area contributed by atoms with E-state index in [1.807, 2.05) is 0 Å². The van der Waals surface area contributed by atoms with Gasteiger partial charge in [0, 0.05) is 0 Å². The fraction of sp³-hybridized carbons (Fsp3) is 0.923. The molecule has 1 rings (SSSR count). The first-order valence-corrected chi connectivity index (χ1v) is 6.45. The van der Waals surface area contributed by atoms with E-state index in [4.69, 9.17) is 0 Å². The van der Waals surface area contributed by atoms with Crippen LogP contribution in [0.5, 0.6) is 0 Å². The zero-order chi connectivity index (χ0) is 10.1. The van der Waals surface area contributed by atoms with Gasteiger partial charge in [-0.05, 0) is 38.9 Å². The molecule has 0 aromatic heterocycles. The molecule has 0 aromatic carbocycles. The average molecular weight is 196 g/mol. The van der Waals surface area contributed by atoms with Crippen LogP contribution in [0.15, 0.2) is 0 Å². The minimum Gasteiger partial charge on any atom is -0.303 e. The maximum atomic E-state index is 3.87. The molecule has 1 nitrogen and oxygen atoms in total. The molecule has 0 atom stereocenters. The molecule has 1 heteroatoms. The lowest BCUT2D eigenvalue weighted by Crippen LogP contribution is -2.30. The highest BCUT2D eigenvalue weighted by Gasteiger charge is 2.08. The molecule has 0 bridgehead atoms. The Morgan fingerprint density at radius 1 is 0.786 bits per heavy atom. The molecule has 1 heterocycles. The average Bonchev–Trinajstić information content (AvgIpc) is 2.25. The molecule has 0 saturated carbocycles. The zero-order valence-corrected chi connectivity index (χ0v) is 9.64. The number of rotatable bonds is 7. The summed E-state index contributed by atoms with van der Waals surface area (Å²) in [6.45, 7) is 7.94. The quantitative estimate of drug-likeness (QED) is 0.562. The Morgan fingerprint density at radius 2 is 1.43 bits per heavy atom. The highest BCUT2D eigenvalue weighted by Crippen LogP contribution is 2.11. The van der Waals surface area contributed by atoms with Crippen molar-refractivity contribution in [1.82, 2.24) is 4.90 Å². The maximum Gasteiger partial charge on any atom is -0.00187 e. The van der Waals surface area contributed by atoms with E-state index in [1.165, 1.54) is 71.0 Å². The second-order valence-corrected chi connectivity index (χ2v) is 4.52. The molecular formula is C13H26N. The number of nitrogens with zero attached hydrogens (tertiary/aromatic N) is 1. The van der Waals surface area contributed by atoms with Crippen molar-refractivity contribution in [3.8, 4) is 0 Å². The van der Waals surface area contributed by atoms with Crippen LogP contribution in [-0.4, -0.2) is 24.5 Å². The minimum atomic E-state index is 1.12. The van der Waals surface area contributed by atoms with Gasteiger partial charge in [-0.25, -0.2) is 0 Å². The summed E-state index contributed by atoms with van der Waals surface area (Å²) < 4.78 is 0.